The maximum absolute atomic E-state index is 12.9. The molecule has 2 aliphatic heterocycles. The first-order chi connectivity index (χ1) is 28.4. The molecule has 0 radical (unpaired) electrons. The number of ether oxygens (including phenoxy) is 2. The first kappa shape index (κ1) is 47.4. The van der Waals surface area contributed by atoms with Crippen molar-refractivity contribution in [1.82, 2.24) is 25.3 Å². The van der Waals surface area contributed by atoms with Crippen LogP contribution in [0, 0.1) is 0 Å². The first-order valence-electron chi connectivity index (χ1n) is 18.4. The second kappa shape index (κ2) is 21.8. The molecule has 18 heteroatoms. The van der Waals surface area contributed by atoms with E-state index in [0.29, 0.717) is 34.6 Å². The third-order valence-electron chi connectivity index (χ3n) is 9.16. The molecule has 2 aromatic carbocycles. The number of carboxylic acids is 1. The van der Waals surface area contributed by atoms with Gasteiger partial charge in [-0.3, -0.25) is 24.2 Å². The SMILES string of the molecule is C.C[C@H]1Oc2cccnc2N(C)C(=O)[C@H]1N.C[C@H]1Oc2cccnc2N(C)C(=O)[C@H]1NC(=O)c1ncc(Cc2ccccc2)s1.Cl.O=C(O)c1ncc(Cc2ccccc2)s1. The van der Waals surface area contributed by atoms with Crippen molar-refractivity contribution in [3.63, 3.8) is 0 Å². The summed E-state index contributed by atoms with van der Waals surface area (Å²) < 4.78 is 11.4. The predicted octanol–water partition coefficient (Wildman–Crippen LogP) is 6.31. The van der Waals surface area contributed by atoms with Gasteiger partial charge in [0.1, 0.15) is 24.3 Å². The maximum atomic E-state index is 12.9. The van der Waals surface area contributed by atoms with E-state index in [1.165, 1.54) is 32.5 Å². The Morgan fingerprint density at radius 2 is 1.16 bits per heavy atom. The Morgan fingerprint density at radius 3 is 1.66 bits per heavy atom. The second-order valence-electron chi connectivity index (χ2n) is 13.5. The number of benzene rings is 2. The highest BCUT2D eigenvalue weighted by atomic mass is 35.5. The Bertz CT molecular complexity index is 2400. The molecule has 0 spiro atoms. The average Bonchev–Trinajstić information content (AvgIpc) is 3.90. The molecule has 8 rings (SSSR count). The van der Waals surface area contributed by atoms with Crippen molar-refractivity contribution in [2.45, 2.75) is 58.4 Å². The number of carbonyl (C=O) groups excluding carboxylic acids is 3. The number of pyridine rings is 2. The molecule has 0 bridgehead atoms. The van der Waals surface area contributed by atoms with E-state index in [1.807, 2.05) is 60.7 Å². The number of nitrogens with one attached hydrogen (secondary N) is 1. The van der Waals surface area contributed by atoms with Crippen LogP contribution >= 0.6 is 35.1 Å². The van der Waals surface area contributed by atoms with Crippen molar-refractivity contribution in [1.29, 1.82) is 0 Å². The van der Waals surface area contributed by atoms with E-state index in [2.05, 4.69) is 25.3 Å². The highest BCUT2D eigenvalue weighted by Gasteiger charge is 2.37. The second-order valence-corrected chi connectivity index (χ2v) is 15.7. The van der Waals surface area contributed by atoms with Gasteiger partial charge in [0.2, 0.25) is 10.9 Å². The fourth-order valence-electron chi connectivity index (χ4n) is 6.00. The van der Waals surface area contributed by atoms with E-state index in [4.69, 9.17) is 20.3 Å². The van der Waals surface area contributed by atoms with Crippen LogP contribution in [0.1, 0.15) is 61.8 Å². The zero-order chi connectivity index (χ0) is 42.1. The topological polar surface area (TPSA) is 203 Å². The summed E-state index contributed by atoms with van der Waals surface area (Å²) >= 11 is 2.54. The molecular weight excluding hydrogens is 840 g/mol. The lowest BCUT2D eigenvalue weighted by Crippen LogP contribution is -2.53. The lowest BCUT2D eigenvalue weighted by Gasteiger charge is -2.23. The number of rotatable bonds is 7. The number of fused-ring (bicyclic) bond motifs is 2. The Morgan fingerprint density at radius 1 is 0.705 bits per heavy atom. The number of halogens is 1. The molecule has 4 aromatic heterocycles. The van der Waals surface area contributed by atoms with Gasteiger partial charge in [-0.15, -0.1) is 35.1 Å². The van der Waals surface area contributed by atoms with E-state index in [-0.39, 0.29) is 42.8 Å². The molecule has 6 aromatic rings. The van der Waals surface area contributed by atoms with Crippen molar-refractivity contribution >= 4 is 70.4 Å². The number of carboxylic acid groups (broad SMARTS) is 1. The summed E-state index contributed by atoms with van der Waals surface area (Å²) in [6, 6.07) is 25.5. The summed E-state index contributed by atoms with van der Waals surface area (Å²) in [4.78, 5) is 69.3. The van der Waals surface area contributed by atoms with Crippen molar-refractivity contribution in [3.8, 4) is 11.5 Å². The van der Waals surface area contributed by atoms with E-state index < -0.39 is 30.1 Å². The molecule has 15 nitrogen and oxygen atoms in total. The Labute approximate surface area is 368 Å². The van der Waals surface area contributed by atoms with Gasteiger partial charge in [0.05, 0.1) is 0 Å². The molecular formula is C43H47ClN8O7S2. The number of carbonyl (C=O) groups is 4. The van der Waals surface area contributed by atoms with Crippen LogP contribution in [-0.4, -0.2) is 87.1 Å². The Kier molecular flexibility index (Phi) is 17.0. The largest absolute Gasteiger partial charge is 0.485 e. The van der Waals surface area contributed by atoms with E-state index in [0.717, 1.165) is 27.3 Å². The predicted molar refractivity (Wildman–Crippen MR) is 238 cm³/mol. The third-order valence-corrected chi connectivity index (χ3v) is 11.1. The molecule has 0 saturated carbocycles. The summed E-state index contributed by atoms with van der Waals surface area (Å²) in [6.45, 7) is 3.53. The monoisotopic (exact) mass is 886 g/mol. The molecule has 4 N–H and O–H groups in total. The number of aromatic carboxylic acids is 1. The molecule has 2 aliphatic rings. The lowest BCUT2D eigenvalue weighted by molar-refractivity contribution is -0.122. The molecule has 0 aliphatic carbocycles. The van der Waals surface area contributed by atoms with Crippen LogP contribution in [0.3, 0.4) is 0 Å². The minimum absolute atomic E-state index is 0. The molecule has 0 unspecified atom stereocenters. The van der Waals surface area contributed by atoms with Gasteiger partial charge in [-0.2, -0.15) is 0 Å². The van der Waals surface area contributed by atoms with Crippen LogP contribution in [0.4, 0.5) is 11.6 Å². The molecule has 0 saturated heterocycles. The minimum atomic E-state index is -0.959. The van der Waals surface area contributed by atoms with Gasteiger partial charge in [0.15, 0.2) is 28.1 Å². The van der Waals surface area contributed by atoms with E-state index in [9.17, 15) is 19.2 Å². The van der Waals surface area contributed by atoms with Gasteiger partial charge < -0.3 is 25.6 Å². The Balaban J connectivity index is 0.000000217. The number of aromatic nitrogens is 4. The Hall–Kier alpha value is -6.27. The zero-order valence-electron chi connectivity index (χ0n) is 33.0. The number of anilines is 2. The summed E-state index contributed by atoms with van der Waals surface area (Å²) in [5, 5.41) is 12.0. The van der Waals surface area contributed by atoms with Crippen molar-refractivity contribution in [3.05, 3.63) is 141 Å². The third kappa shape index (κ3) is 11.9. The maximum Gasteiger partial charge on any atom is 0.365 e. The van der Waals surface area contributed by atoms with E-state index in [1.54, 1.807) is 77.0 Å². The van der Waals surface area contributed by atoms with Gasteiger partial charge in [-0.1, -0.05) is 68.1 Å². The van der Waals surface area contributed by atoms with Crippen molar-refractivity contribution in [2.75, 3.05) is 23.9 Å². The van der Waals surface area contributed by atoms with Crippen LogP contribution < -0.4 is 30.3 Å². The average molecular weight is 887 g/mol. The van der Waals surface area contributed by atoms with Crippen LogP contribution in [0.2, 0.25) is 0 Å². The number of hydrogen-bond donors (Lipinski definition) is 3. The molecule has 6 heterocycles. The highest BCUT2D eigenvalue weighted by Crippen LogP contribution is 2.31. The molecule has 61 heavy (non-hydrogen) atoms. The van der Waals surface area contributed by atoms with Crippen LogP contribution in [0.25, 0.3) is 0 Å². The van der Waals surface area contributed by atoms with Crippen LogP contribution in [0.5, 0.6) is 11.5 Å². The minimum Gasteiger partial charge on any atom is -0.485 e. The van der Waals surface area contributed by atoms with Gasteiger partial charge in [-0.25, -0.2) is 24.7 Å². The zero-order valence-corrected chi connectivity index (χ0v) is 35.4. The van der Waals surface area contributed by atoms with Crippen LogP contribution in [0.15, 0.2) is 110 Å². The molecule has 4 atom stereocenters. The quantitative estimate of drug-likeness (QED) is 0.161. The van der Waals surface area contributed by atoms with Crippen molar-refractivity contribution < 1.29 is 33.8 Å². The number of nitrogens with zero attached hydrogens (tertiary/aromatic N) is 6. The summed E-state index contributed by atoms with van der Waals surface area (Å²) in [6.07, 6.45) is 7.10. The standard InChI is InChI=1S/C21H20N4O3S.C11H9NO2S.C10H13N3O2.CH4.ClH/c1-13-17(21(27)25(2)18-16(28-13)9-6-10-22-18)24-19(26)20-23-12-15(29-20)11-14-7-4-3-5-8-14;13-11(14)10-12-7-9(15-10)6-8-4-2-1-3-5-8;1-6-8(11)10(14)13(2)9-7(15-6)4-3-5-12-9;;/h3-10,12-13,17H,11H2,1-2H3,(H,24,26);1-5,7H,6H2,(H,13,14);3-6,8H,11H2,1-2H3;1H4;1H/t13-,17+;;6-,8+;;/m1.1../s1. The fraction of sp³-hybridized carbons (Fsp3) is 0.256. The normalized spacial score (nSPS) is 17.6. The van der Waals surface area contributed by atoms with Crippen molar-refractivity contribution in [2.24, 2.45) is 5.73 Å². The summed E-state index contributed by atoms with van der Waals surface area (Å²) in [5.41, 5.74) is 8.06. The smallest absolute Gasteiger partial charge is 0.365 e. The number of amides is 3. The fourth-order valence-corrected chi connectivity index (χ4v) is 7.63. The highest BCUT2D eigenvalue weighted by molar-refractivity contribution is 7.13. The van der Waals surface area contributed by atoms with Gasteiger partial charge in [0, 0.05) is 61.5 Å². The molecule has 0 fully saturated rings. The lowest BCUT2D eigenvalue weighted by atomic mass is 10.1. The molecule has 3 amide bonds. The van der Waals surface area contributed by atoms with Gasteiger partial charge >= 0.3 is 5.97 Å². The molecule has 320 valence electrons. The first-order valence-corrected chi connectivity index (χ1v) is 20.1. The number of nitrogens with two attached hydrogens (primary N) is 1. The van der Waals surface area contributed by atoms with Gasteiger partial charge in [-0.05, 0) is 49.2 Å². The van der Waals surface area contributed by atoms with E-state index >= 15 is 0 Å². The van der Waals surface area contributed by atoms with Crippen LogP contribution in [-0.2, 0) is 22.4 Å². The summed E-state index contributed by atoms with van der Waals surface area (Å²) in [7, 11) is 3.27. The number of thiazole rings is 2. The van der Waals surface area contributed by atoms with Gasteiger partial charge in [0.25, 0.3) is 11.8 Å². The number of likely N-dealkylation sites (N-methyl/N-ethyl adjacent to an activating group) is 2. The summed E-state index contributed by atoms with van der Waals surface area (Å²) in [5.74, 6) is 0.225. The number of hydrogen-bond acceptors (Lipinski definition) is 13.